The highest BCUT2D eigenvalue weighted by Gasteiger charge is 2.60. The first-order valence-corrected chi connectivity index (χ1v) is 9.87. The average molecular weight is 402 g/mol. The van der Waals surface area contributed by atoms with E-state index in [1.54, 1.807) is 26.0 Å². The average Bonchev–Trinajstić information content (AvgIpc) is 3.31. The minimum atomic E-state index is -1.09. The van der Waals surface area contributed by atoms with Gasteiger partial charge in [0, 0.05) is 11.8 Å². The Kier molecular flexibility index (Phi) is 5.54. The van der Waals surface area contributed by atoms with Crippen LogP contribution in [0.3, 0.4) is 0 Å². The summed E-state index contributed by atoms with van der Waals surface area (Å²) < 4.78 is 10.3. The Bertz CT molecular complexity index is 861. The van der Waals surface area contributed by atoms with Gasteiger partial charge in [-0.3, -0.25) is 4.79 Å². The molecule has 1 saturated heterocycles. The summed E-state index contributed by atoms with van der Waals surface area (Å²) in [6.45, 7) is 9.51. The molecule has 2 aliphatic heterocycles. The summed E-state index contributed by atoms with van der Waals surface area (Å²) in [5.41, 5.74) is -0.0793. The van der Waals surface area contributed by atoms with Crippen molar-refractivity contribution in [3.8, 4) is 11.5 Å². The lowest BCUT2D eigenvalue weighted by Gasteiger charge is -2.37. The van der Waals surface area contributed by atoms with Gasteiger partial charge < -0.3 is 14.6 Å². The number of nitrogens with zero attached hydrogens (tertiary/aromatic N) is 1. The van der Waals surface area contributed by atoms with Crippen LogP contribution in [-0.2, 0) is 14.4 Å². The zero-order valence-electron chi connectivity index (χ0n) is 17.1. The summed E-state index contributed by atoms with van der Waals surface area (Å²) in [5, 5.41) is 10.1. The Morgan fingerprint density at radius 2 is 1.97 bits per heavy atom. The molecule has 0 aromatic heterocycles. The van der Waals surface area contributed by atoms with Crippen molar-refractivity contribution in [1.29, 1.82) is 0 Å². The molecular formula is C22H28NO6+. The van der Waals surface area contributed by atoms with Crippen LogP contribution >= 0.6 is 0 Å². The van der Waals surface area contributed by atoms with Crippen molar-refractivity contribution in [3.05, 3.63) is 36.4 Å². The Morgan fingerprint density at radius 3 is 2.59 bits per heavy atom. The van der Waals surface area contributed by atoms with E-state index in [4.69, 9.17) is 9.47 Å². The van der Waals surface area contributed by atoms with Crippen LogP contribution in [0.1, 0.15) is 45.1 Å². The number of benzene rings is 1. The molecule has 1 aromatic rings. The van der Waals surface area contributed by atoms with E-state index in [0.29, 0.717) is 24.3 Å². The molecule has 2 heterocycles. The molecule has 2 aliphatic rings. The fraction of sp³-hybridized carbons (Fsp3) is 0.500. The zero-order chi connectivity index (χ0) is 21.4. The highest BCUT2D eigenvalue weighted by Crippen LogP contribution is 2.43. The predicted molar refractivity (Wildman–Crippen MR) is 106 cm³/mol. The monoisotopic (exact) mass is 402 g/mol. The number of carbonyl (C=O) groups excluding carboxylic acids is 2. The number of likely N-dealkylation sites (tertiary alicyclic amines) is 1. The van der Waals surface area contributed by atoms with Gasteiger partial charge in [-0.15, -0.1) is 0 Å². The molecule has 0 saturated carbocycles. The van der Waals surface area contributed by atoms with E-state index >= 15 is 0 Å². The number of fused-ring (bicyclic) bond motifs is 1. The van der Waals surface area contributed by atoms with Gasteiger partial charge in [0.2, 0.25) is 12.8 Å². The summed E-state index contributed by atoms with van der Waals surface area (Å²) in [7, 11) is 0. The highest BCUT2D eigenvalue weighted by molar-refractivity contribution is 6.35. The maximum atomic E-state index is 13.4. The van der Waals surface area contributed by atoms with Crippen molar-refractivity contribution in [1.82, 2.24) is 0 Å². The van der Waals surface area contributed by atoms with Gasteiger partial charge in [0.15, 0.2) is 11.5 Å². The standard InChI is InChI=1S/C22H27NO6/c1-5-10-23(20(25)19(24)22(3,4)6-2)11-9-15(18(23)21(26)27)14-7-8-16-17(12-14)29-13-28-16/h5,7-8,12,15,18H,1,6,9-11,13H2,2-4H3/p+1/t15?,18-,23?/m0/s1. The van der Waals surface area contributed by atoms with Gasteiger partial charge in [0.25, 0.3) is 5.78 Å². The summed E-state index contributed by atoms with van der Waals surface area (Å²) in [6.07, 6.45) is 2.49. The summed E-state index contributed by atoms with van der Waals surface area (Å²) in [5.74, 6) is -1.52. The van der Waals surface area contributed by atoms with Crippen LogP contribution in [0.15, 0.2) is 30.9 Å². The lowest BCUT2D eigenvalue weighted by Crippen LogP contribution is -2.63. The van der Waals surface area contributed by atoms with Gasteiger partial charge in [0.05, 0.1) is 12.5 Å². The van der Waals surface area contributed by atoms with Crippen molar-refractivity contribution >= 4 is 17.7 Å². The quantitative estimate of drug-likeness (QED) is 0.429. The van der Waals surface area contributed by atoms with Crippen molar-refractivity contribution in [2.24, 2.45) is 5.41 Å². The number of ether oxygens (including phenoxy) is 2. The van der Waals surface area contributed by atoms with Crippen LogP contribution < -0.4 is 9.47 Å². The van der Waals surface area contributed by atoms with Crippen LogP contribution in [0.4, 0.5) is 0 Å². The van der Waals surface area contributed by atoms with E-state index in [9.17, 15) is 19.5 Å². The molecule has 0 bridgehead atoms. The smallest absolute Gasteiger partial charge is 0.383 e. The Hall–Kier alpha value is -2.67. The SMILES string of the molecule is C=CC[N+]1(C(=O)C(=O)C(C)(C)CC)CCC(c2ccc3c(c2)OCO3)[C@H]1C(=O)O. The third-order valence-electron chi connectivity index (χ3n) is 6.38. The molecule has 2 unspecified atom stereocenters. The number of quaternary nitrogens is 1. The number of carboxylic acid groups (broad SMARTS) is 1. The summed E-state index contributed by atoms with van der Waals surface area (Å²) in [6, 6.07) is 4.27. The minimum absolute atomic E-state index is 0.0996. The van der Waals surface area contributed by atoms with Gasteiger partial charge in [-0.2, -0.15) is 0 Å². The third-order valence-corrected chi connectivity index (χ3v) is 6.38. The van der Waals surface area contributed by atoms with Gasteiger partial charge in [-0.25, -0.2) is 14.1 Å². The molecule has 156 valence electrons. The molecule has 1 aromatic carbocycles. The van der Waals surface area contributed by atoms with Crippen LogP contribution in [0.5, 0.6) is 11.5 Å². The molecule has 7 heteroatoms. The van der Waals surface area contributed by atoms with Crippen LogP contribution in [0.25, 0.3) is 0 Å². The fourth-order valence-corrected chi connectivity index (χ4v) is 4.29. The molecule has 29 heavy (non-hydrogen) atoms. The number of rotatable bonds is 7. The topological polar surface area (TPSA) is 89.9 Å². The van der Waals surface area contributed by atoms with Gasteiger partial charge in [0.1, 0.15) is 6.54 Å². The van der Waals surface area contributed by atoms with Crippen LogP contribution in [0, 0.1) is 5.41 Å². The zero-order valence-corrected chi connectivity index (χ0v) is 17.1. The molecule has 0 aliphatic carbocycles. The van der Waals surface area contributed by atoms with E-state index < -0.39 is 39.5 Å². The summed E-state index contributed by atoms with van der Waals surface area (Å²) in [4.78, 5) is 38.8. The van der Waals surface area contributed by atoms with Crippen molar-refractivity contribution in [2.45, 2.75) is 45.6 Å². The first-order chi connectivity index (χ1) is 13.7. The van der Waals surface area contributed by atoms with Crippen molar-refractivity contribution in [2.75, 3.05) is 19.9 Å². The molecule has 0 radical (unpaired) electrons. The normalized spacial score (nSPS) is 25.6. The second kappa shape index (κ2) is 7.63. The van der Waals surface area contributed by atoms with E-state index in [0.717, 1.165) is 5.56 Å². The minimum Gasteiger partial charge on any atom is -0.477 e. The van der Waals surface area contributed by atoms with E-state index in [1.807, 2.05) is 13.0 Å². The number of aliphatic carboxylic acids is 1. The van der Waals surface area contributed by atoms with Crippen LogP contribution in [0.2, 0.25) is 0 Å². The lowest BCUT2D eigenvalue weighted by molar-refractivity contribution is -0.849. The number of carbonyl (C=O) groups is 3. The Balaban J connectivity index is 2.04. The first kappa shape index (κ1) is 21.0. The second-order valence-electron chi connectivity index (χ2n) is 8.39. The van der Waals surface area contributed by atoms with Gasteiger partial charge in [-0.1, -0.05) is 33.4 Å². The highest BCUT2D eigenvalue weighted by atomic mass is 16.7. The molecule has 3 atom stereocenters. The molecule has 1 fully saturated rings. The maximum absolute atomic E-state index is 13.4. The number of hydrogen-bond acceptors (Lipinski definition) is 5. The molecule has 3 rings (SSSR count). The molecule has 0 spiro atoms. The molecule has 1 N–H and O–H groups in total. The number of amides is 1. The van der Waals surface area contributed by atoms with Crippen molar-refractivity contribution in [3.63, 3.8) is 0 Å². The lowest BCUT2D eigenvalue weighted by atomic mass is 9.83. The summed E-state index contributed by atoms with van der Waals surface area (Å²) >= 11 is 0. The Labute approximate surface area is 170 Å². The Morgan fingerprint density at radius 1 is 1.28 bits per heavy atom. The number of carboxylic acids is 1. The van der Waals surface area contributed by atoms with E-state index in [2.05, 4.69) is 6.58 Å². The molecular weight excluding hydrogens is 374 g/mol. The van der Waals surface area contributed by atoms with E-state index in [1.165, 1.54) is 6.08 Å². The molecule has 7 nitrogen and oxygen atoms in total. The van der Waals surface area contributed by atoms with Gasteiger partial charge in [-0.05, 0) is 30.2 Å². The van der Waals surface area contributed by atoms with Crippen LogP contribution in [-0.4, -0.2) is 53.2 Å². The molecule has 1 amide bonds. The second-order valence-corrected chi connectivity index (χ2v) is 8.39. The number of hydrogen-bond donors (Lipinski definition) is 1. The fourth-order valence-electron chi connectivity index (χ4n) is 4.29. The number of ketones is 1. The third kappa shape index (κ3) is 3.44. The predicted octanol–water partition coefficient (Wildman–Crippen LogP) is 2.89. The first-order valence-electron chi connectivity index (χ1n) is 9.87. The van der Waals surface area contributed by atoms with E-state index in [-0.39, 0.29) is 19.9 Å². The van der Waals surface area contributed by atoms with Gasteiger partial charge >= 0.3 is 11.9 Å². The van der Waals surface area contributed by atoms with Crippen molar-refractivity contribution < 1.29 is 33.4 Å². The largest absolute Gasteiger partial charge is 0.477 e. The number of Topliss-reactive ketones (excluding diaryl/α,β-unsaturated/α-hetero) is 1. The maximum Gasteiger partial charge on any atom is 0.383 e.